The molecule has 0 saturated heterocycles. The van der Waals surface area contributed by atoms with Gasteiger partial charge in [0.2, 0.25) is 0 Å². The minimum Gasteiger partial charge on any atom is -0.457 e. The van der Waals surface area contributed by atoms with E-state index in [0.717, 1.165) is 10.0 Å². The summed E-state index contributed by atoms with van der Waals surface area (Å²) < 4.78 is 16.9. The van der Waals surface area contributed by atoms with Crippen LogP contribution in [0.4, 0.5) is 5.69 Å². The van der Waals surface area contributed by atoms with Gasteiger partial charge in [0.25, 0.3) is 0 Å². The summed E-state index contributed by atoms with van der Waals surface area (Å²) in [5.41, 5.74) is 1.56. The molecule has 0 bridgehead atoms. The molecule has 0 aliphatic rings. The molecule has 0 saturated carbocycles. The lowest BCUT2D eigenvalue weighted by Crippen LogP contribution is -1.98. The van der Waals surface area contributed by atoms with Gasteiger partial charge in [0.05, 0.1) is 13.2 Å². The Kier molecular flexibility index (Phi) is 5.76. The molecule has 0 aromatic heterocycles. The zero-order valence-electron chi connectivity index (χ0n) is 11.5. The van der Waals surface area contributed by atoms with E-state index in [1.54, 1.807) is 31.4 Å². The van der Waals surface area contributed by atoms with Gasteiger partial charge >= 0.3 is 0 Å². The van der Waals surface area contributed by atoms with Crippen molar-refractivity contribution in [2.75, 3.05) is 13.9 Å². The molecule has 5 heteroatoms. The lowest BCUT2D eigenvalue weighted by molar-refractivity contribution is -0.0392. The highest BCUT2D eigenvalue weighted by molar-refractivity contribution is 9.10. The number of benzene rings is 2. The summed E-state index contributed by atoms with van der Waals surface area (Å²) in [5, 5.41) is 0. The van der Waals surface area contributed by atoms with Crippen molar-refractivity contribution in [3.05, 3.63) is 63.9 Å². The van der Waals surface area contributed by atoms with Gasteiger partial charge in [-0.25, -0.2) is 4.85 Å². The van der Waals surface area contributed by atoms with Gasteiger partial charge < -0.3 is 14.2 Å². The van der Waals surface area contributed by atoms with Crippen LogP contribution in [0.5, 0.6) is 11.5 Å². The molecule has 2 rings (SSSR count). The number of rotatable bonds is 6. The zero-order chi connectivity index (χ0) is 15.1. The molecule has 2 aromatic rings. The van der Waals surface area contributed by atoms with Gasteiger partial charge in [-0.15, -0.1) is 0 Å². The predicted octanol–water partition coefficient (Wildman–Crippen LogP) is 4.91. The molecule has 108 valence electrons. The highest BCUT2D eigenvalue weighted by Gasteiger charge is 2.04. The van der Waals surface area contributed by atoms with E-state index in [-0.39, 0.29) is 6.79 Å². The van der Waals surface area contributed by atoms with Crippen molar-refractivity contribution >= 4 is 21.6 Å². The summed E-state index contributed by atoms with van der Waals surface area (Å²) in [7, 11) is 1.58. The van der Waals surface area contributed by atoms with Crippen LogP contribution in [0.3, 0.4) is 0 Å². The monoisotopic (exact) mass is 347 g/mol. The number of methoxy groups -OCH3 is 1. The first-order valence-electron chi connectivity index (χ1n) is 6.23. The quantitative estimate of drug-likeness (QED) is 0.422. The maximum atomic E-state index is 6.92. The topological polar surface area (TPSA) is 32.0 Å². The van der Waals surface area contributed by atoms with Gasteiger partial charge in [0, 0.05) is 11.6 Å². The maximum absolute atomic E-state index is 6.92. The minimum absolute atomic E-state index is 0.246. The van der Waals surface area contributed by atoms with Crippen molar-refractivity contribution in [2.24, 2.45) is 0 Å². The number of hydrogen-bond acceptors (Lipinski definition) is 3. The number of halogens is 1. The van der Waals surface area contributed by atoms with Crippen molar-refractivity contribution in [2.45, 2.75) is 6.61 Å². The van der Waals surface area contributed by atoms with Crippen LogP contribution >= 0.6 is 15.9 Å². The minimum atomic E-state index is 0.246. The average molecular weight is 348 g/mol. The van der Waals surface area contributed by atoms with E-state index in [2.05, 4.69) is 20.8 Å². The van der Waals surface area contributed by atoms with Crippen molar-refractivity contribution in [1.82, 2.24) is 0 Å². The summed E-state index contributed by atoms with van der Waals surface area (Å²) in [6, 6.07) is 12.7. The largest absolute Gasteiger partial charge is 0.457 e. The first-order chi connectivity index (χ1) is 10.2. The van der Waals surface area contributed by atoms with E-state index < -0.39 is 0 Å². The van der Waals surface area contributed by atoms with Crippen LogP contribution < -0.4 is 4.74 Å². The second-order valence-corrected chi connectivity index (χ2v) is 5.07. The highest BCUT2D eigenvalue weighted by atomic mass is 79.9. The molecule has 0 heterocycles. The summed E-state index contributed by atoms with van der Waals surface area (Å²) in [6.45, 7) is 7.60. The van der Waals surface area contributed by atoms with Crippen molar-refractivity contribution in [3.63, 3.8) is 0 Å². The Morgan fingerprint density at radius 3 is 2.48 bits per heavy atom. The van der Waals surface area contributed by atoms with Gasteiger partial charge in [0.1, 0.15) is 18.3 Å². The summed E-state index contributed by atoms with van der Waals surface area (Å²) in [6.07, 6.45) is 0. The Bertz CT molecular complexity index is 635. The van der Waals surface area contributed by atoms with E-state index in [4.69, 9.17) is 20.8 Å². The first kappa shape index (κ1) is 15.5. The van der Waals surface area contributed by atoms with Crippen molar-refractivity contribution < 1.29 is 14.2 Å². The molecular weight excluding hydrogens is 334 g/mol. The average Bonchev–Trinajstić information content (AvgIpc) is 2.51. The maximum Gasteiger partial charge on any atom is 0.187 e. The van der Waals surface area contributed by atoms with Gasteiger partial charge in [-0.1, -0.05) is 28.1 Å². The van der Waals surface area contributed by atoms with Gasteiger partial charge in [-0.3, -0.25) is 0 Å². The standard InChI is InChI=1S/C16H14BrNO3/c1-18-13-3-5-14(6-4-13)21-15-7-8-16(17)12(9-15)10-20-11-19-2/h3-9H,10-11H2,2H3. The molecule has 0 atom stereocenters. The molecular formula is C16H14BrNO3. The van der Waals surface area contributed by atoms with Crippen LogP contribution in [0.2, 0.25) is 0 Å². The fraction of sp³-hybridized carbons (Fsp3) is 0.188. The molecule has 0 N–H and O–H groups in total. The smallest absolute Gasteiger partial charge is 0.187 e. The number of ether oxygens (including phenoxy) is 3. The first-order valence-corrected chi connectivity index (χ1v) is 7.02. The molecule has 0 radical (unpaired) electrons. The van der Waals surface area contributed by atoms with E-state index in [0.29, 0.717) is 23.8 Å². The molecule has 21 heavy (non-hydrogen) atoms. The Balaban J connectivity index is 2.09. The van der Waals surface area contributed by atoms with E-state index in [1.807, 2.05) is 18.2 Å². The second-order valence-electron chi connectivity index (χ2n) is 4.22. The van der Waals surface area contributed by atoms with Crippen LogP contribution in [0.1, 0.15) is 5.56 Å². The number of nitrogens with zero attached hydrogens (tertiary/aromatic N) is 1. The van der Waals surface area contributed by atoms with E-state index in [1.165, 1.54) is 0 Å². The van der Waals surface area contributed by atoms with Gasteiger partial charge in [0.15, 0.2) is 5.69 Å². The van der Waals surface area contributed by atoms with Crippen LogP contribution in [-0.4, -0.2) is 13.9 Å². The molecule has 0 fully saturated rings. The van der Waals surface area contributed by atoms with Crippen LogP contribution in [0, 0.1) is 6.57 Å². The Labute approximate surface area is 132 Å². The number of hydrogen-bond donors (Lipinski definition) is 0. The lowest BCUT2D eigenvalue weighted by Gasteiger charge is -2.10. The molecule has 4 nitrogen and oxygen atoms in total. The Morgan fingerprint density at radius 1 is 1.10 bits per heavy atom. The van der Waals surface area contributed by atoms with Crippen LogP contribution in [-0.2, 0) is 16.1 Å². The second kappa shape index (κ2) is 7.79. The molecule has 0 aliphatic carbocycles. The molecule has 0 aliphatic heterocycles. The summed E-state index contributed by atoms with van der Waals surface area (Å²) in [5.74, 6) is 1.40. The fourth-order valence-corrected chi connectivity index (χ4v) is 2.05. The summed E-state index contributed by atoms with van der Waals surface area (Å²) in [4.78, 5) is 3.35. The third-order valence-corrected chi connectivity index (χ3v) is 3.45. The molecule has 0 unspecified atom stereocenters. The normalized spacial score (nSPS) is 10.1. The summed E-state index contributed by atoms with van der Waals surface area (Å²) >= 11 is 3.48. The van der Waals surface area contributed by atoms with Crippen molar-refractivity contribution in [3.8, 4) is 11.5 Å². The molecule has 0 spiro atoms. The van der Waals surface area contributed by atoms with Crippen molar-refractivity contribution in [1.29, 1.82) is 0 Å². The van der Waals surface area contributed by atoms with E-state index >= 15 is 0 Å². The van der Waals surface area contributed by atoms with Gasteiger partial charge in [-0.05, 0) is 35.9 Å². The molecule has 2 aromatic carbocycles. The fourth-order valence-electron chi connectivity index (χ4n) is 1.68. The lowest BCUT2D eigenvalue weighted by atomic mass is 10.2. The van der Waals surface area contributed by atoms with Gasteiger partial charge in [-0.2, -0.15) is 0 Å². The third kappa shape index (κ3) is 4.57. The third-order valence-electron chi connectivity index (χ3n) is 2.68. The van der Waals surface area contributed by atoms with Crippen LogP contribution in [0.15, 0.2) is 46.9 Å². The highest BCUT2D eigenvalue weighted by Crippen LogP contribution is 2.28. The SMILES string of the molecule is [C-]#[N+]c1ccc(Oc2ccc(Br)c(COCOC)c2)cc1. The zero-order valence-corrected chi connectivity index (χ0v) is 13.1. The molecule has 0 amide bonds. The van der Waals surface area contributed by atoms with E-state index in [9.17, 15) is 0 Å². The predicted molar refractivity (Wildman–Crippen MR) is 83.6 cm³/mol. The van der Waals surface area contributed by atoms with Crippen LogP contribution in [0.25, 0.3) is 4.85 Å². The Hall–Kier alpha value is -1.87. The Morgan fingerprint density at radius 2 is 1.81 bits per heavy atom.